The van der Waals surface area contributed by atoms with Gasteiger partial charge in [-0.25, -0.2) is 4.98 Å². The summed E-state index contributed by atoms with van der Waals surface area (Å²) in [5.41, 5.74) is 0.634. The lowest BCUT2D eigenvalue weighted by molar-refractivity contribution is -0.0498. The van der Waals surface area contributed by atoms with Crippen LogP contribution < -0.4 is 15.4 Å². The Morgan fingerprint density at radius 1 is 1.25 bits per heavy atom. The van der Waals surface area contributed by atoms with E-state index < -0.39 is 6.61 Å². The molecule has 1 aromatic heterocycles. The highest BCUT2D eigenvalue weighted by Crippen LogP contribution is 2.25. The Morgan fingerprint density at radius 3 is 2.55 bits per heavy atom. The molecule has 2 N–H and O–H groups in total. The van der Waals surface area contributed by atoms with Gasteiger partial charge in [0.15, 0.2) is 5.82 Å². The normalized spacial score (nSPS) is 10.4. The van der Waals surface area contributed by atoms with Crippen molar-refractivity contribution in [2.24, 2.45) is 0 Å². The number of ether oxygens (including phenoxy) is 1. The predicted octanol–water partition coefficient (Wildman–Crippen LogP) is 3.52. The van der Waals surface area contributed by atoms with E-state index in [1.54, 1.807) is 19.2 Å². The summed E-state index contributed by atoms with van der Waals surface area (Å²) in [5.74, 6) is 0.901. The van der Waals surface area contributed by atoms with Crippen LogP contribution in [0.2, 0.25) is 5.02 Å². The van der Waals surface area contributed by atoms with Gasteiger partial charge in [0.1, 0.15) is 10.8 Å². The highest BCUT2D eigenvalue weighted by atomic mass is 35.5. The number of anilines is 3. The van der Waals surface area contributed by atoms with Crippen molar-refractivity contribution < 1.29 is 13.5 Å². The Balaban J connectivity index is 2.13. The van der Waals surface area contributed by atoms with Crippen LogP contribution in [0.5, 0.6) is 5.75 Å². The van der Waals surface area contributed by atoms with E-state index in [1.165, 1.54) is 18.3 Å². The third-order valence-electron chi connectivity index (χ3n) is 2.31. The first-order valence-corrected chi connectivity index (χ1v) is 5.98. The van der Waals surface area contributed by atoms with Crippen LogP contribution in [-0.4, -0.2) is 23.6 Å². The fourth-order valence-corrected chi connectivity index (χ4v) is 1.57. The maximum absolute atomic E-state index is 12.0. The molecule has 0 aliphatic heterocycles. The van der Waals surface area contributed by atoms with E-state index in [0.717, 1.165) is 0 Å². The summed E-state index contributed by atoms with van der Waals surface area (Å²) in [5, 5.41) is 6.09. The number of nitrogens with zero attached hydrogens (tertiary/aromatic N) is 2. The Hall–Kier alpha value is -2.15. The summed E-state index contributed by atoms with van der Waals surface area (Å²) in [4.78, 5) is 8.09. The smallest absolute Gasteiger partial charge is 0.387 e. The van der Waals surface area contributed by atoms with Crippen molar-refractivity contribution in [1.29, 1.82) is 0 Å². The van der Waals surface area contributed by atoms with Crippen LogP contribution >= 0.6 is 11.6 Å². The van der Waals surface area contributed by atoms with Gasteiger partial charge in [-0.2, -0.15) is 13.8 Å². The zero-order valence-corrected chi connectivity index (χ0v) is 11.2. The van der Waals surface area contributed by atoms with Crippen molar-refractivity contribution >= 4 is 29.1 Å². The average Bonchev–Trinajstić information content (AvgIpc) is 2.43. The molecule has 106 valence electrons. The van der Waals surface area contributed by atoms with Gasteiger partial charge < -0.3 is 15.4 Å². The van der Waals surface area contributed by atoms with Crippen molar-refractivity contribution in [2.45, 2.75) is 6.61 Å². The molecule has 0 bridgehead atoms. The Morgan fingerprint density at radius 2 is 1.95 bits per heavy atom. The van der Waals surface area contributed by atoms with Gasteiger partial charge in [0.25, 0.3) is 0 Å². The first-order valence-electron chi connectivity index (χ1n) is 5.60. The second-order valence-corrected chi connectivity index (χ2v) is 4.08. The highest BCUT2D eigenvalue weighted by molar-refractivity contribution is 6.32. The topological polar surface area (TPSA) is 59.1 Å². The fraction of sp³-hybridized carbons (Fsp3) is 0.167. The molecule has 2 aromatic rings. The van der Waals surface area contributed by atoms with Gasteiger partial charge in [0.2, 0.25) is 5.95 Å². The number of halogens is 3. The van der Waals surface area contributed by atoms with E-state index in [2.05, 4.69) is 25.3 Å². The quantitative estimate of drug-likeness (QED) is 0.885. The maximum atomic E-state index is 12.0. The molecule has 2 rings (SSSR count). The van der Waals surface area contributed by atoms with Crippen LogP contribution in [0.15, 0.2) is 30.5 Å². The third kappa shape index (κ3) is 3.67. The van der Waals surface area contributed by atoms with E-state index in [-0.39, 0.29) is 5.75 Å². The highest BCUT2D eigenvalue weighted by Gasteiger charge is 2.07. The minimum Gasteiger partial charge on any atom is -0.435 e. The van der Waals surface area contributed by atoms with E-state index in [4.69, 9.17) is 11.6 Å². The molecule has 0 unspecified atom stereocenters. The summed E-state index contributed by atoms with van der Waals surface area (Å²) in [6.07, 6.45) is 1.46. The number of rotatable bonds is 5. The van der Waals surface area contributed by atoms with Crippen LogP contribution in [-0.2, 0) is 0 Å². The Kier molecular flexibility index (Phi) is 4.52. The number of alkyl halides is 2. The molecule has 0 saturated carbocycles. The number of benzene rings is 1. The van der Waals surface area contributed by atoms with Gasteiger partial charge in [0, 0.05) is 12.7 Å². The largest absolute Gasteiger partial charge is 0.435 e. The molecule has 0 fully saturated rings. The van der Waals surface area contributed by atoms with Crippen LogP contribution in [0, 0.1) is 0 Å². The standard InChI is InChI=1S/C12H11ClF2N4O/c1-16-12-17-6-9(13)10(19-12)18-7-2-4-8(5-3-7)20-11(14)15/h2-6,11H,1H3,(H2,16,17,18,19). The number of hydrogen-bond donors (Lipinski definition) is 2. The lowest BCUT2D eigenvalue weighted by atomic mass is 10.3. The molecule has 1 heterocycles. The zero-order valence-electron chi connectivity index (χ0n) is 10.4. The molecule has 5 nitrogen and oxygen atoms in total. The van der Waals surface area contributed by atoms with Crippen molar-refractivity contribution in [3.05, 3.63) is 35.5 Å². The monoisotopic (exact) mass is 300 g/mol. The minimum atomic E-state index is -2.84. The van der Waals surface area contributed by atoms with Gasteiger partial charge in [0.05, 0.1) is 6.20 Å². The third-order valence-corrected chi connectivity index (χ3v) is 2.59. The molecule has 1 aromatic carbocycles. The summed E-state index contributed by atoms with van der Waals surface area (Å²) < 4.78 is 28.3. The van der Waals surface area contributed by atoms with Crippen molar-refractivity contribution in [3.8, 4) is 5.75 Å². The zero-order chi connectivity index (χ0) is 14.5. The Bertz CT molecular complexity index is 580. The van der Waals surface area contributed by atoms with Crippen LogP contribution in [0.1, 0.15) is 0 Å². The van der Waals surface area contributed by atoms with E-state index in [9.17, 15) is 8.78 Å². The lowest BCUT2D eigenvalue weighted by Crippen LogP contribution is -2.02. The van der Waals surface area contributed by atoms with Crippen molar-refractivity contribution in [2.75, 3.05) is 17.7 Å². The van der Waals surface area contributed by atoms with Crippen LogP contribution in [0.25, 0.3) is 0 Å². The van der Waals surface area contributed by atoms with Gasteiger partial charge in [-0.05, 0) is 24.3 Å². The van der Waals surface area contributed by atoms with Crippen LogP contribution in [0.4, 0.5) is 26.2 Å². The Labute approximate surface area is 119 Å². The molecular formula is C12H11ClF2N4O. The summed E-state index contributed by atoms with van der Waals surface area (Å²) in [6.45, 7) is -2.84. The molecule has 0 aliphatic carbocycles. The van der Waals surface area contributed by atoms with Gasteiger partial charge >= 0.3 is 6.61 Å². The molecule has 0 atom stereocenters. The average molecular weight is 301 g/mol. The molecule has 0 amide bonds. The maximum Gasteiger partial charge on any atom is 0.387 e. The van der Waals surface area contributed by atoms with Crippen LogP contribution in [0.3, 0.4) is 0 Å². The predicted molar refractivity (Wildman–Crippen MR) is 72.9 cm³/mol. The number of aromatic nitrogens is 2. The number of hydrogen-bond acceptors (Lipinski definition) is 5. The van der Waals surface area contributed by atoms with E-state index in [0.29, 0.717) is 22.5 Å². The van der Waals surface area contributed by atoms with Gasteiger partial charge in [-0.1, -0.05) is 11.6 Å². The first kappa shape index (κ1) is 14.3. The lowest BCUT2D eigenvalue weighted by Gasteiger charge is -2.09. The van der Waals surface area contributed by atoms with Crippen molar-refractivity contribution in [3.63, 3.8) is 0 Å². The molecule has 0 spiro atoms. The summed E-state index contributed by atoms with van der Waals surface area (Å²) in [6, 6.07) is 6.00. The second kappa shape index (κ2) is 6.33. The second-order valence-electron chi connectivity index (χ2n) is 3.67. The SMILES string of the molecule is CNc1ncc(Cl)c(Nc2ccc(OC(F)F)cc2)n1. The molecule has 0 saturated heterocycles. The fourth-order valence-electron chi connectivity index (χ4n) is 1.43. The van der Waals surface area contributed by atoms with Gasteiger partial charge in [-0.15, -0.1) is 0 Å². The number of nitrogens with one attached hydrogen (secondary N) is 2. The molecule has 8 heteroatoms. The minimum absolute atomic E-state index is 0.0789. The molecule has 0 radical (unpaired) electrons. The van der Waals surface area contributed by atoms with Crippen molar-refractivity contribution in [1.82, 2.24) is 9.97 Å². The van der Waals surface area contributed by atoms with Gasteiger partial charge in [-0.3, -0.25) is 0 Å². The summed E-state index contributed by atoms with van der Waals surface area (Å²) in [7, 11) is 1.68. The molecule has 20 heavy (non-hydrogen) atoms. The molecular weight excluding hydrogens is 290 g/mol. The van der Waals surface area contributed by atoms with E-state index >= 15 is 0 Å². The summed E-state index contributed by atoms with van der Waals surface area (Å²) >= 11 is 5.96. The van der Waals surface area contributed by atoms with E-state index in [1.807, 2.05) is 0 Å². The molecule has 0 aliphatic rings. The first-order chi connectivity index (χ1) is 9.58.